The molecule has 10 nitrogen and oxygen atoms in total. The smallest absolute Gasteiger partial charge is 0.475 e. The van der Waals surface area contributed by atoms with E-state index in [1.165, 1.54) is 4.88 Å². The second-order valence-electron chi connectivity index (χ2n) is 9.03. The minimum Gasteiger partial charge on any atom is -0.475 e. The number of fused-ring (bicyclic) bond motifs is 1. The van der Waals surface area contributed by atoms with Crippen molar-refractivity contribution in [2.24, 2.45) is 11.3 Å². The summed E-state index contributed by atoms with van der Waals surface area (Å²) >= 11 is 1.80. The van der Waals surface area contributed by atoms with Crippen LogP contribution in [0.2, 0.25) is 0 Å². The predicted molar refractivity (Wildman–Crippen MR) is 133 cm³/mol. The van der Waals surface area contributed by atoms with Gasteiger partial charge in [0.05, 0.1) is 12.0 Å². The zero-order valence-corrected chi connectivity index (χ0v) is 22.5. The molecule has 2 aromatic heterocycles. The van der Waals surface area contributed by atoms with Crippen LogP contribution < -0.4 is 4.90 Å². The molecule has 41 heavy (non-hydrogen) atoms. The van der Waals surface area contributed by atoms with Crippen molar-refractivity contribution in [2.45, 2.75) is 38.7 Å². The topological polar surface area (TPSA) is 133 Å². The third kappa shape index (κ3) is 9.84. The van der Waals surface area contributed by atoms with Crippen LogP contribution in [0.15, 0.2) is 36.0 Å². The third-order valence-corrected chi connectivity index (χ3v) is 7.09. The van der Waals surface area contributed by atoms with Crippen LogP contribution in [0.1, 0.15) is 24.6 Å². The van der Waals surface area contributed by atoms with Gasteiger partial charge in [-0.15, -0.1) is 11.3 Å². The summed E-state index contributed by atoms with van der Waals surface area (Å²) in [5.41, 5.74) is -0.459. The van der Waals surface area contributed by atoms with E-state index in [0.717, 1.165) is 39.0 Å². The molecular weight excluding hydrogens is 586 g/mol. The van der Waals surface area contributed by atoms with Crippen molar-refractivity contribution in [1.29, 1.82) is 0 Å². The quantitative estimate of drug-likeness (QED) is 0.375. The summed E-state index contributed by atoms with van der Waals surface area (Å²) in [6.07, 6.45) is -4.78. The summed E-state index contributed by atoms with van der Waals surface area (Å²) in [4.78, 5) is 45.7. The summed E-state index contributed by atoms with van der Waals surface area (Å²) < 4.78 is 69.0. The normalized spacial score (nSPS) is 20.9. The molecule has 2 N–H and O–H groups in total. The van der Waals surface area contributed by atoms with E-state index in [4.69, 9.17) is 24.5 Å². The van der Waals surface area contributed by atoms with E-state index in [1.807, 2.05) is 13.0 Å². The summed E-state index contributed by atoms with van der Waals surface area (Å²) in [6.45, 7) is 6.63. The molecule has 2 fully saturated rings. The standard InChI is InChI=1S/C20H26N4O2S.2C2HF3O2/c1-2-26-18(25)20-7-4-10-23(14-17-6-3-11-27-17)12-16(20)13-24(15-20)19-21-8-5-9-22-19;2*3-2(4,5)1(6)7/h3,5-6,8-9,11,16H,2,4,7,10,12-15H2,1H3;2*(H,6,7)/t16-,20-;;/m0../s1. The first-order chi connectivity index (χ1) is 19.1. The minimum atomic E-state index is -5.08. The van der Waals surface area contributed by atoms with Gasteiger partial charge in [-0.1, -0.05) is 6.07 Å². The molecule has 0 spiro atoms. The van der Waals surface area contributed by atoms with Gasteiger partial charge < -0.3 is 19.8 Å². The summed E-state index contributed by atoms with van der Waals surface area (Å²) in [5.74, 6) is -4.63. The van der Waals surface area contributed by atoms with E-state index in [-0.39, 0.29) is 11.9 Å². The number of ether oxygens (including phenoxy) is 1. The van der Waals surface area contributed by atoms with Crippen molar-refractivity contribution in [2.75, 3.05) is 37.7 Å². The van der Waals surface area contributed by atoms with Crippen molar-refractivity contribution in [3.63, 3.8) is 0 Å². The number of likely N-dealkylation sites (tertiary alicyclic amines) is 1. The highest BCUT2D eigenvalue weighted by Crippen LogP contribution is 2.44. The lowest BCUT2D eigenvalue weighted by Gasteiger charge is -2.31. The van der Waals surface area contributed by atoms with Crippen LogP contribution >= 0.6 is 11.3 Å². The first kappa shape index (κ1) is 33.7. The van der Waals surface area contributed by atoms with Crippen molar-refractivity contribution in [1.82, 2.24) is 14.9 Å². The number of carboxylic acid groups (broad SMARTS) is 2. The molecule has 17 heteroatoms. The largest absolute Gasteiger partial charge is 0.490 e. The van der Waals surface area contributed by atoms with Gasteiger partial charge in [-0.25, -0.2) is 19.6 Å². The van der Waals surface area contributed by atoms with Crippen LogP contribution in [0.25, 0.3) is 0 Å². The lowest BCUT2D eigenvalue weighted by Crippen LogP contribution is -2.42. The number of nitrogens with zero attached hydrogens (tertiary/aromatic N) is 4. The number of anilines is 1. The minimum absolute atomic E-state index is 0.0496. The number of thiophene rings is 1. The number of rotatable bonds is 5. The van der Waals surface area contributed by atoms with Gasteiger partial charge in [0.15, 0.2) is 0 Å². The molecule has 2 aliphatic heterocycles. The molecule has 4 rings (SSSR count). The molecule has 2 aromatic rings. The third-order valence-electron chi connectivity index (χ3n) is 6.23. The average molecular weight is 615 g/mol. The molecule has 0 amide bonds. The highest BCUT2D eigenvalue weighted by molar-refractivity contribution is 7.09. The van der Waals surface area contributed by atoms with Crippen molar-refractivity contribution in [3.8, 4) is 0 Å². The fourth-order valence-electron chi connectivity index (χ4n) is 4.49. The summed E-state index contributed by atoms with van der Waals surface area (Å²) in [7, 11) is 0. The average Bonchev–Trinajstić information content (AvgIpc) is 3.49. The Morgan fingerprint density at radius 2 is 1.63 bits per heavy atom. The Kier molecular flexibility index (Phi) is 11.9. The van der Waals surface area contributed by atoms with E-state index < -0.39 is 29.7 Å². The van der Waals surface area contributed by atoms with Gasteiger partial charge in [0.25, 0.3) is 0 Å². The Hall–Kier alpha value is -3.47. The fraction of sp³-hybridized carbons (Fsp3) is 0.542. The van der Waals surface area contributed by atoms with E-state index >= 15 is 0 Å². The van der Waals surface area contributed by atoms with Crippen LogP contribution in [0.4, 0.5) is 32.3 Å². The Labute approximate surface area is 234 Å². The number of carbonyl (C=O) groups excluding carboxylic acids is 1. The van der Waals surface area contributed by atoms with Gasteiger partial charge in [-0.05, 0) is 43.8 Å². The van der Waals surface area contributed by atoms with Gasteiger partial charge in [0.1, 0.15) is 0 Å². The first-order valence-electron chi connectivity index (χ1n) is 12.1. The zero-order valence-electron chi connectivity index (χ0n) is 21.7. The first-order valence-corrected chi connectivity index (χ1v) is 13.0. The van der Waals surface area contributed by atoms with E-state index in [9.17, 15) is 31.1 Å². The molecule has 0 radical (unpaired) electrons. The van der Waals surface area contributed by atoms with Crippen molar-refractivity contribution >= 4 is 35.2 Å². The van der Waals surface area contributed by atoms with Crippen LogP contribution in [0.3, 0.4) is 0 Å². The molecule has 0 aromatic carbocycles. The van der Waals surface area contributed by atoms with E-state index in [1.54, 1.807) is 23.7 Å². The van der Waals surface area contributed by atoms with Crippen LogP contribution in [-0.2, 0) is 25.7 Å². The van der Waals surface area contributed by atoms with Crippen molar-refractivity contribution < 1.29 is 55.7 Å². The van der Waals surface area contributed by atoms with Gasteiger partial charge in [-0.2, -0.15) is 26.3 Å². The molecule has 2 atom stereocenters. The summed E-state index contributed by atoms with van der Waals surface area (Å²) in [6, 6.07) is 6.11. The van der Waals surface area contributed by atoms with Crippen molar-refractivity contribution in [3.05, 3.63) is 40.8 Å². The number of hydrogen-bond donors (Lipinski definition) is 2. The van der Waals surface area contributed by atoms with Crippen LogP contribution in [0, 0.1) is 11.3 Å². The Morgan fingerprint density at radius 1 is 1.05 bits per heavy atom. The Balaban J connectivity index is 0.000000349. The number of hydrogen-bond acceptors (Lipinski definition) is 9. The Bertz CT molecular complexity index is 1110. The number of aliphatic carboxylic acids is 2. The molecule has 0 saturated carbocycles. The maximum atomic E-state index is 13.0. The second kappa shape index (κ2) is 14.4. The lowest BCUT2D eigenvalue weighted by molar-refractivity contribution is -0.193. The molecular formula is C24H28F6N4O6S. The maximum absolute atomic E-state index is 13.0. The van der Waals surface area contributed by atoms with Gasteiger partial charge in [-0.3, -0.25) is 9.69 Å². The number of halogens is 6. The number of carbonyl (C=O) groups is 3. The van der Waals surface area contributed by atoms with E-state index in [0.29, 0.717) is 19.1 Å². The SMILES string of the molecule is CCOC(=O)[C@]12CCCN(Cc3cccs3)C[C@H]1CN(c1ncccn1)C2.O=C(O)C(F)(F)F.O=C(O)C(F)(F)F. The molecule has 0 unspecified atom stereocenters. The summed E-state index contributed by atoms with van der Waals surface area (Å²) in [5, 5.41) is 16.4. The van der Waals surface area contributed by atoms with Crippen LogP contribution in [0.5, 0.6) is 0 Å². The van der Waals surface area contributed by atoms with Gasteiger partial charge >= 0.3 is 30.3 Å². The van der Waals surface area contributed by atoms with E-state index in [2.05, 4.69) is 37.3 Å². The number of esters is 1. The maximum Gasteiger partial charge on any atom is 0.490 e. The lowest BCUT2D eigenvalue weighted by atomic mass is 9.75. The highest BCUT2D eigenvalue weighted by Gasteiger charge is 2.54. The molecule has 0 bridgehead atoms. The number of carboxylic acids is 2. The highest BCUT2D eigenvalue weighted by atomic mass is 32.1. The molecule has 228 valence electrons. The molecule has 2 saturated heterocycles. The predicted octanol–water partition coefficient (Wildman–Crippen LogP) is 4.09. The van der Waals surface area contributed by atoms with Gasteiger partial charge in [0.2, 0.25) is 5.95 Å². The Morgan fingerprint density at radius 3 is 2.12 bits per heavy atom. The number of alkyl halides is 6. The van der Waals surface area contributed by atoms with Crippen LogP contribution in [-0.4, -0.2) is 88.1 Å². The molecule has 2 aliphatic rings. The second-order valence-corrected chi connectivity index (χ2v) is 10.1. The zero-order chi connectivity index (χ0) is 30.8. The monoisotopic (exact) mass is 614 g/mol. The van der Waals surface area contributed by atoms with Gasteiger partial charge in [0, 0.05) is 49.4 Å². The molecule has 4 heterocycles. The number of aromatic nitrogens is 2. The fourth-order valence-corrected chi connectivity index (χ4v) is 5.24. The molecule has 0 aliphatic carbocycles.